The lowest BCUT2D eigenvalue weighted by atomic mass is 9.97. The molecule has 1 aliphatic rings. The molecule has 7 nitrogen and oxygen atoms in total. The number of anilines is 1. The summed E-state index contributed by atoms with van der Waals surface area (Å²) in [6.07, 6.45) is 5.18. The standard InChI is InChI=1S/C18H18BrN5O2/c19-14-1-3-15(4-2-14)24-11-13(10-20-24)18(25)21-17-9-16(22-23-17)12-5-7-26-8-6-12/h1-4,9-12H,5-8H2,(H2,21,22,23,25). The highest BCUT2D eigenvalue weighted by Gasteiger charge is 2.19. The molecule has 0 saturated carbocycles. The first-order valence-corrected chi connectivity index (χ1v) is 9.23. The molecule has 2 N–H and O–H groups in total. The van der Waals surface area contributed by atoms with Crippen LogP contribution in [0.25, 0.3) is 5.69 Å². The number of H-pyrrole nitrogens is 1. The molecule has 4 rings (SSSR count). The summed E-state index contributed by atoms with van der Waals surface area (Å²) in [5.74, 6) is 0.688. The lowest BCUT2D eigenvalue weighted by Gasteiger charge is -2.20. The average molecular weight is 416 g/mol. The van der Waals surface area contributed by atoms with Gasteiger partial charge in [-0.3, -0.25) is 9.89 Å². The van der Waals surface area contributed by atoms with Crippen LogP contribution in [-0.2, 0) is 4.74 Å². The van der Waals surface area contributed by atoms with Crippen LogP contribution in [0.3, 0.4) is 0 Å². The van der Waals surface area contributed by atoms with Crippen molar-refractivity contribution in [2.45, 2.75) is 18.8 Å². The van der Waals surface area contributed by atoms with Crippen molar-refractivity contribution in [1.29, 1.82) is 0 Å². The van der Waals surface area contributed by atoms with Gasteiger partial charge in [0.15, 0.2) is 5.82 Å². The maximum absolute atomic E-state index is 12.5. The van der Waals surface area contributed by atoms with Gasteiger partial charge in [-0.05, 0) is 37.1 Å². The van der Waals surface area contributed by atoms with E-state index in [0.717, 1.165) is 41.9 Å². The Labute approximate surface area is 158 Å². The van der Waals surface area contributed by atoms with E-state index in [1.54, 1.807) is 17.1 Å². The third kappa shape index (κ3) is 3.71. The minimum atomic E-state index is -0.238. The number of hydrogen-bond acceptors (Lipinski definition) is 4. The number of aromatic nitrogens is 4. The van der Waals surface area contributed by atoms with Crippen LogP contribution in [0.15, 0.2) is 47.2 Å². The molecule has 3 heterocycles. The lowest BCUT2D eigenvalue weighted by Crippen LogP contribution is -2.14. The van der Waals surface area contributed by atoms with E-state index in [4.69, 9.17) is 4.74 Å². The van der Waals surface area contributed by atoms with E-state index >= 15 is 0 Å². The van der Waals surface area contributed by atoms with Crippen molar-refractivity contribution in [1.82, 2.24) is 20.0 Å². The highest BCUT2D eigenvalue weighted by Crippen LogP contribution is 2.26. The number of amides is 1. The van der Waals surface area contributed by atoms with E-state index in [1.165, 1.54) is 0 Å². The molecule has 8 heteroatoms. The summed E-state index contributed by atoms with van der Waals surface area (Å²) in [4.78, 5) is 12.5. The number of carbonyl (C=O) groups excluding carboxylic acids is 1. The third-order valence-electron chi connectivity index (χ3n) is 4.44. The number of rotatable bonds is 4. The first-order chi connectivity index (χ1) is 12.7. The van der Waals surface area contributed by atoms with Gasteiger partial charge in [0, 0.05) is 41.6 Å². The number of carbonyl (C=O) groups is 1. The summed E-state index contributed by atoms with van der Waals surface area (Å²) in [6, 6.07) is 9.60. The molecule has 2 aromatic heterocycles. The Morgan fingerprint density at radius 2 is 2.04 bits per heavy atom. The third-order valence-corrected chi connectivity index (χ3v) is 4.97. The zero-order chi connectivity index (χ0) is 17.9. The Morgan fingerprint density at radius 3 is 2.81 bits per heavy atom. The summed E-state index contributed by atoms with van der Waals surface area (Å²) >= 11 is 3.40. The second-order valence-electron chi connectivity index (χ2n) is 6.20. The fourth-order valence-corrected chi connectivity index (χ4v) is 3.25. The predicted molar refractivity (Wildman–Crippen MR) is 101 cm³/mol. The van der Waals surface area contributed by atoms with Gasteiger partial charge in [0.2, 0.25) is 0 Å². The van der Waals surface area contributed by atoms with Crippen molar-refractivity contribution in [2.24, 2.45) is 0 Å². The van der Waals surface area contributed by atoms with Crippen molar-refractivity contribution < 1.29 is 9.53 Å². The SMILES string of the molecule is O=C(Nc1cc(C2CCOCC2)[nH]n1)c1cnn(-c2ccc(Br)cc2)c1. The smallest absolute Gasteiger partial charge is 0.260 e. The van der Waals surface area contributed by atoms with Crippen molar-refractivity contribution in [3.05, 3.63) is 58.5 Å². The minimum absolute atomic E-state index is 0.238. The van der Waals surface area contributed by atoms with E-state index in [-0.39, 0.29) is 5.91 Å². The summed E-state index contributed by atoms with van der Waals surface area (Å²) in [5, 5.41) is 14.3. The van der Waals surface area contributed by atoms with Crippen LogP contribution in [0, 0.1) is 0 Å². The van der Waals surface area contributed by atoms with Crippen molar-refractivity contribution in [3.8, 4) is 5.69 Å². The first kappa shape index (κ1) is 17.0. The lowest BCUT2D eigenvalue weighted by molar-refractivity contribution is 0.0845. The molecule has 1 aromatic carbocycles. The summed E-state index contributed by atoms with van der Waals surface area (Å²) in [6.45, 7) is 1.53. The van der Waals surface area contributed by atoms with Gasteiger partial charge in [-0.2, -0.15) is 10.2 Å². The Hall–Kier alpha value is -2.45. The maximum atomic E-state index is 12.5. The van der Waals surface area contributed by atoms with Crippen LogP contribution in [0.5, 0.6) is 0 Å². The van der Waals surface area contributed by atoms with E-state index in [2.05, 4.69) is 36.5 Å². The van der Waals surface area contributed by atoms with E-state index in [0.29, 0.717) is 17.3 Å². The largest absolute Gasteiger partial charge is 0.381 e. The van der Waals surface area contributed by atoms with Gasteiger partial charge < -0.3 is 10.1 Å². The first-order valence-electron chi connectivity index (χ1n) is 8.44. The zero-order valence-corrected chi connectivity index (χ0v) is 15.6. The molecule has 0 unspecified atom stereocenters. The zero-order valence-electron chi connectivity index (χ0n) is 14.0. The molecule has 0 radical (unpaired) electrons. The number of hydrogen-bond donors (Lipinski definition) is 2. The second kappa shape index (κ2) is 7.43. The molecular weight excluding hydrogens is 398 g/mol. The van der Waals surface area contributed by atoms with E-state index in [1.807, 2.05) is 30.3 Å². The molecule has 0 aliphatic carbocycles. The molecule has 134 valence electrons. The number of halogens is 1. The fraction of sp³-hybridized carbons (Fsp3) is 0.278. The van der Waals surface area contributed by atoms with Crippen LogP contribution in [0.4, 0.5) is 5.82 Å². The maximum Gasteiger partial charge on any atom is 0.260 e. The van der Waals surface area contributed by atoms with Crippen LogP contribution >= 0.6 is 15.9 Å². The number of ether oxygens (including phenoxy) is 1. The predicted octanol–water partition coefficient (Wildman–Crippen LogP) is 3.50. The molecule has 1 saturated heterocycles. The highest BCUT2D eigenvalue weighted by atomic mass is 79.9. The van der Waals surface area contributed by atoms with E-state index < -0.39 is 0 Å². The van der Waals surface area contributed by atoms with Gasteiger partial charge in [-0.15, -0.1) is 0 Å². The molecular formula is C18H18BrN5O2. The molecule has 3 aromatic rings. The topological polar surface area (TPSA) is 84.8 Å². The average Bonchev–Trinajstić information content (AvgIpc) is 3.33. The molecule has 0 spiro atoms. The van der Waals surface area contributed by atoms with Crippen molar-refractivity contribution >= 4 is 27.7 Å². The van der Waals surface area contributed by atoms with Crippen LogP contribution in [0.2, 0.25) is 0 Å². The van der Waals surface area contributed by atoms with Crippen LogP contribution in [0.1, 0.15) is 34.8 Å². The Bertz CT molecular complexity index is 896. The van der Waals surface area contributed by atoms with Gasteiger partial charge in [0.1, 0.15) is 0 Å². The van der Waals surface area contributed by atoms with Gasteiger partial charge in [-0.25, -0.2) is 4.68 Å². The Kier molecular flexibility index (Phi) is 4.85. The highest BCUT2D eigenvalue weighted by molar-refractivity contribution is 9.10. The number of nitrogens with zero attached hydrogens (tertiary/aromatic N) is 3. The molecule has 1 aliphatic heterocycles. The Balaban J connectivity index is 1.44. The molecule has 26 heavy (non-hydrogen) atoms. The normalized spacial score (nSPS) is 15.1. The number of aromatic amines is 1. The molecule has 0 atom stereocenters. The monoisotopic (exact) mass is 415 g/mol. The molecule has 1 fully saturated rings. The van der Waals surface area contributed by atoms with Crippen LogP contribution < -0.4 is 5.32 Å². The van der Waals surface area contributed by atoms with Gasteiger partial charge >= 0.3 is 0 Å². The van der Waals surface area contributed by atoms with Crippen molar-refractivity contribution in [2.75, 3.05) is 18.5 Å². The number of benzene rings is 1. The van der Waals surface area contributed by atoms with Crippen LogP contribution in [-0.4, -0.2) is 39.1 Å². The Morgan fingerprint density at radius 1 is 1.27 bits per heavy atom. The quantitative estimate of drug-likeness (QED) is 0.682. The fourth-order valence-electron chi connectivity index (χ4n) is 2.98. The minimum Gasteiger partial charge on any atom is -0.381 e. The molecule has 1 amide bonds. The van der Waals surface area contributed by atoms with E-state index in [9.17, 15) is 4.79 Å². The molecule has 0 bridgehead atoms. The second-order valence-corrected chi connectivity index (χ2v) is 7.11. The summed E-state index contributed by atoms with van der Waals surface area (Å²) < 4.78 is 8.04. The summed E-state index contributed by atoms with van der Waals surface area (Å²) in [7, 11) is 0. The number of nitrogens with one attached hydrogen (secondary N) is 2. The summed E-state index contributed by atoms with van der Waals surface area (Å²) in [5.41, 5.74) is 2.39. The van der Waals surface area contributed by atoms with Crippen molar-refractivity contribution in [3.63, 3.8) is 0 Å². The van der Waals surface area contributed by atoms with Gasteiger partial charge in [0.25, 0.3) is 5.91 Å². The van der Waals surface area contributed by atoms with Gasteiger partial charge in [0.05, 0.1) is 17.4 Å². The van der Waals surface area contributed by atoms with Gasteiger partial charge in [-0.1, -0.05) is 15.9 Å².